The zero-order valence-electron chi connectivity index (χ0n) is 15.4. The fourth-order valence-corrected chi connectivity index (χ4v) is 2.48. The molecular formula is C21H19FN2O4. The standard InChI is InChI=1S/C21H19FN2O4/c1-13-3-6-16(11-19(13)23-14(2)25)24-21(26)20-10-9-18(28-20)12-27-17-7-4-15(22)5-8-17/h3-11H,12H2,1-2H3,(H,23,25)(H,24,26). The number of carbonyl (C=O) groups is 2. The van der Waals surface area contributed by atoms with Crippen LogP contribution in [0.4, 0.5) is 15.8 Å². The average Bonchev–Trinajstić information content (AvgIpc) is 3.13. The molecule has 3 aromatic rings. The maximum atomic E-state index is 12.9. The summed E-state index contributed by atoms with van der Waals surface area (Å²) in [5.41, 5.74) is 2.03. The molecule has 2 amide bonds. The summed E-state index contributed by atoms with van der Waals surface area (Å²) in [6.45, 7) is 3.38. The molecule has 0 spiro atoms. The third-order valence-electron chi connectivity index (χ3n) is 3.89. The smallest absolute Gasteiger partial charge is 0.291 e. The molecule has 28 heavy (non-hydrogen) atoms. The number of rotatable bonds is 6. The number of hydrogen-bond acceptors (Lipinski definition) is 4. The number of ether oxygens (including phenoxy) is 1. The second-order valence-corrected chi connectivity index (χ2v) is 6.17. The van der Waals surface area contributed by atoms with E-state index in [1.807, 2.05) is 6.92 Å². The van der Waals surface area contributed by atoms with Gasteiger partial charge in [0.1, 0.15) is 23.9 Å². The minimum Gasteiger partial charge on any atom is -0.486 e. The molecule has 144 valence electrons. The summed E-state index contributed by atoms with van der Waals surface area (Å²) < 4.78 is 23.9. The largest absolute Gasteiger partial charge is 0.486 e. The molecule has 0 saturated heterocycles. The van der Waals surface area contributed by atoms with Gasteiger partial charge in [0.2, 0.25) is 5.91 Å². The van der Waals surface area contributed by atoms with Crippen LogP contribution in [-0.2, 0) is 11.4 Å². The fourth-order valence-electron chi connectivity index (χ4n) is 2.48. The summed E-state index contributed by atoms with van der Waals surface area (Å²) in [6, 6.07) is 14.0. The minimum atomic E-state index is -0.425. The number of aryl methyl sites for hydroxylation is 1. The quantitative estimate of drug-likeness (QED) is 0.657. The molecule has 7 heteroatoms. The minimum absolute atomic E-state index is 0.107. The lowest BCUT2D eigenvalue weighted by atomic mass is 10.1. The van der Waals surface area contributed by atoms with Crippen LogP contribution in [0, 0.1) is 12.7 Å². The molecular weight excluding hydrogens is 363 g/mol. The number of anilines is 2. The zero-order chi connectivity index (χ0) is 20.1. The van der Waals surface area contributed by atoms with Gasteiger partial charge in [-0.05, 0) is 61.0 Å². The van der Waals surface area contributed by atoms with Gasteiger partial charge in [0.05, 0.1) is 0 Å². The van der Waals surface area contributed by atoms with E-state index in [1.165, 1.54) is 31.2 Å². The summed E-state index contributed by atoms with van der Waals surface area (Å²) in [5.74, 6) is 0.113. The lowest BCUT2D eigenvalue weighted by Crippen LogP contribution is -2.12. The van der Waals surface area contributed by atoms with Crippen LogP contribution in [0.15, 0.2) is 59.0 Å². The number of nitrogens with one attached hydrogen (secondary N) is 2. The first-order valence-electron chi connectivity index (χ1n) is 8.57. The molecule has 0 atom stereocenters. The van der Waals surface area contributed by atoms with Crippen molar-refractivity contribution < 1.29 is 23.1 Å². The molecule has 2 aromatic carbocycles. The van der Waals surface area contributed by atoms with E-state index in [4.69, 9.17) is 9.15 Å². The maximum Gasteiger partial charge on any atom is 0.291 e. The second kappa shape index (κ2) is 8.39. The molecule has 0 saturated carbocycles. The summed E-state index contributed by atoms with van der Waals surface area (Å²) >= 11 is 0. The number of hydrogen-bond donors (Lipinski definition) is 2. The first-order chi connectivity index (χ1) is 13.4. The third kappa shape index (κ3) is 4.97. The topological polar surface area (TPSA) is 80.6 Å². The van der Waals surface area contributed by atoms with E-state index in [0.717, 1.165) is 5.56 Å². The molecule has 0 aliphatic heterocycles. The van der Waals surface area contributed by atoms with Crippen LogP contribution in [0.2, 0.25) is 0 Å². The Labute approximate surface area is 161 Å². The van der Waals surface area contributed by atoms with Crippen molar-refractivity contribution in [2.75, 3.05) is 10.6 Å². The van der Waals surface area contributed by atoms with Crippen molar-refractivity contribution in [1.82, 2.24) is 0 Å². The monoisotopic (exact) mass is 382 g/mol. The third-order valence-corrected chi connectivity index (χ3v) is 3.89. The summed E-state index contributed by atoms with van der Waals surface area (Å²) in [5, 5.41) is 5.44. The number of furan rings is 1. The molecule has 6 nitrogen and oxygen atoms in total. The molecule has 1 aromatic heterocycles. The van der Waals surface area contributed by atoms with Gasteiger partial charge in [0, 0.05) is 18.3 Å². The Balaban J connectivity index is 1.62. The van der Waals surface area contributed by atoms with Gasteiger partial charge in [0.25, 0.3) is 5.91 Å². The van der Waals surface area contributed by atoms with Crippen LogP contribution in [0.1, 0.15) is 28.8 Å². The Morgan fingerprint density at radius 2 is 1.79 bits per heavy atom. The zero-order valence-corrected chi connectivity index (χ0v) is 15.4. The van der Waals surface area contributed by atoms with Gasteiger partial charge in [-0.15, -0.1) is 0 Å². The normalized spacial score (nSPS) is 10.4. The lowest BCUT2D eigenvalue weighted by molar-refractivity contribution is -0.114. The van der Waals surface area contributed by atoms with Crippen molar-refractivity contribution in [3.8, 4) is 5.75 Å². The van der Waals surface area contributed by atoms with Crippen molar-refractivity contribution in [3.63, 3.8) is 0 Å². The Kier molecular flexibility index (Phi) is 5.74. The van der Waals surface area contributed by atoms with E-state index in [2.05, 4.69) is 10.6 Å². The summed E-state index contributed by atoms with van der Waals surface area (Å²) in [7, 11) is 0. The second-order valence-electron chi connectivity index (χ2n) is 6.17. The molecule has 0 bridgehead atoms. The molecule has 0 aliphatic carbocycles. The van der Waals surface area contributed by atoms with Gasteiger partial charge in [-0.2, -0.15) is 0 Å². The van der Waals surface area contributed by atoms with E-state index < -0.39 is 5.91 Å². The maximum absolute atomic E-state index is 12.9. The lowest BCUT2D eigenvalue weighted by Gasteiger charge is -2.10. The Morgan fingerprint density at radius 1 is 1.04 bits per heavy atom. The molecule has 0 radical (unpaired) electrons. The van der Waals surface area contributed by atoms with Crippen molar-refractivity contribution in [3.05, 3.63) is 77.5 Å². The van der Waals surface area contributed by atoms with E-state index in [1.54, 1.807) is 30.3 Å². The van der Waals surface area contributed by atoms with Gasteiger partial charge >= 0.3 is 0 Å². The number of benzene rings is 2. The summed E-state index contributed by atoms with van der Waals surface area (Å²) in [6.07, 6.45) is 0. The molecule has 0 fully saturated rings. The number of carbonyl (C=O) groups excluding carboxylic acids is 2. The highest BCUT2D eigenvalue weighted by atomic mass is 19.1. The van der Waals surface area contributed by atoms with Crippen LogP contribution in [0.3, 0.4) is 0 Å². The van der Waals surface area contributed by atoms with Crippen LogP contribution in [0.5, 0.6) is 5.75 Å². The van der Waals surface area contributed by atoms with Gasteiger partial charge in [-0.1, -0.05) is 6.07 Å². The Hall–Kier alpha value is -3.61. The van der Waals surface area contributed by atoms with Gasteiger partial charge in [-0.3, -0.25) is 9.59 Å². The van der Waals surface area contributed by atoms with E-state index in [0.29, 0.717) is 22.9 Å². The van der Waals surface area contributed by atoms with Gasteiger partial charge < -0.3 is 19.8 Å². The van der Waals surface area contributed by atoms with Crippen molar-refractivity contribution in [1.29, 1.82) is 0 Å². The summed E-state index contributed by atoms with van der Waals surface area (Å²) in [4.78, 5) is 23.6. The first-order valence-corrected chi connectivity index (χ1v) is 8.57. The average molecular weight is 382 g/mol. The SMILES string of the molecule is CC(=O)Nc1cc(NC(=O)c2ccc(COc3ccc(F)cc3)o2)ccc1C. The van der Waals surface area contributed by atoms with Crippen molar-refractivity contribution in [2.45, 2.75) is 20.5 Å². The van der Waals surface area contributed by atoms with Gasteiger partial charge in [-0.25, -0.2) is 4.39 Å². The molecule has 0 unspecified atom stereocenters. The highest BCUT2D eigenvalue weighted by molar-refractivity contribution is 6.02. The Bertz CT molecular complexity index is 996. The van der Waals surface area contributed by atoms with Crippen LogP contribution < -0.4 is 15.4 Å². The van der Waals surface area contributed by atoms with Crippen LogP contribution >= 0.6 is 0 Å². The van der Waals surface area contributed by atoms with Crippen LogP contribution in [-0.4, -0.2) is 11.8 Å². The highest BCUT2D eigenvalue weighted by Crippen LogP contribution is 2.21. The molecule has 1 heterocycles. The highest BCUT2D eigenvalue weighted by Gasteiger charge is 2.13. The van der Waals surface area contributed by atoms with Gasteiger partial charge in [0.15, 0.2) is 5.76 Å². The first kappa shape index (κ1) is 19.2. The van der Waals surface area contributed by atoms with Crippen molar-refractivity contribution >= 4 is 23.2 Å². The predicted molar refractivity (Wildman–Crippen MR) is 103 cm³/mol. The van der Waals surface area contributed by atoms with E-state index in [9.17, 15) is 14.0 Å². The number of halogens is 1. The van der Waals surface area contributed by atoms with E-state index in [-0.39, 0.29) is 24.1 Å². The molecule has 3 rings (SSSR count). The van der Waals surface area contributed by atoms with Crippen LogP contribution in [0.25, 0.3) is 0 Å². The van der Waals surface area contributed by atoms with Crippen molar-refractivity contribution in [2.24, 2.45) is 0 Å². The molecule has 0 aliphatic rings. The fraction of sp³-hybridized carbons (Fsp3) is 0.143. The number of amides is 2. The molecule has 2 N–H and O–H groups in total. The Morgan fingerprint density at radius 3 is 2.50 bits per heavy atom. The van der Waals surface area contributed by atoms with E-state index >= 15 is 0 Å². The predicted octanol–water partition coefficient (Wildman–Crippen LogP) is 4.52.